The minimum absolute atomic E-state index is 0.0640. The first-order chi connectivity index (χ1) is 17.2. The molecule has 0 heterocycles. The molecule has 37 heavy (non-hydrogen) atoms. The molecule has 0 saturated heterocycles. The van der Waals surface area contributed by atoms with Crippen LogP contribution in [0, 0.1) is 17.3 Å². The number of hydrogen-bond acceptors (Lipinski definition) is 5. The van der Waals surface area contributed by atoms with Gasteiger partial charge in [-0.05, 0) is 60.4 Å². The van der Waals surface area contributed by atoms with E-state index in [0.29, 0.717) is 10.7 Å². The van der Waals surface area contributed by atoms with Gasteiger partial charge in [-0.2, -0.15) is 0 Å². The summed E-state index contributed by atoms with van der Waals surface area (Å²) in [5.74, 6) is -0.480. The predicted octanol–water partition coefficient (Wildman–Crippen LogP) is 6.42. The number of carbonyl (C=O) groups is 2. The van der Waals surface area contributed by atoms with Gasteiger partial charge in [-0.3, -0.25) is 0 Å². The number of nitrogens with one attached hydrogen (secondary N) is 2. The van der Waals surface area contributed by atoms with Crippen molar-refractivity contribution in [2.24, 2.45) is 17.3 Å². The van der Waals surface area contributed by atoms with Gasteiger partial charge in [0.2, 0.25) is 0 Å². The van der Waals surface area contributed by atoms with Gasteiger partial charge in [-0.15, -0.1) is 0 Å². The van der Waals surface area contributed by atoms with Gasteiger partial charge in [0.25, 0.3) is 0 Å². The molecule has 1 unspecified atom stereocenters. The number of rotatable bonds is 10. The number of benzene rings is 2. The maximum absolute atomic E-state index is 13.2. The Hall–Kier alpha value is -2.77. The first-order valence-electron chi connectivity index (χ1n) is 12.5. The summed E-state index contributed by atoms with van der Waals surface area (Å²) in [6.45, 7) is 12.4. The summed E-state index contributed by atoms with van der Waals surface area (Å²) in [5, 5.41) is 16.8. The topological polar surface area (TPSA) is 96.9 Å². The molecule has 0 aliphatic carbocycles. The Morgan fingerprint density at radius 1 is 1.05 bits per heavy atom. The zero-order chi connectivity index (χ0) is 28.0. The highest BCUT2D eigenvalue weighted by Gasteiger charge is 2.39. The van der Waals surface area contributed by atoms with Crippen LogP contribution in [-0.4, -0.2) is 37.9 Å². The van der Waals surface area contributed by atoms with Crippen LogP contribution in [0.4, 0.5) is 10.5 Å². The molecule has 0 aromatic heterocycles. The highest BCUT2D eigenvalue weighted by atomic mass is 35.5. The van der Waals surface area contributed by atoms with Crippen LogP contribution >= 0.6 is 11.6 Å². The lowest BCUT2D eigenvalue weighted by atomic mass is 9.74. The van der Waals surface area contributed by atoms with Gasteiger partial charge in [-0.25, -0.2) is 9.59 Å². The lowest BCUT2D eigenvalue weighted by Crippen LogP contribution is -2.53. The minimum atomic E-state index is -0.921. The van der Waals surface area contributed by atoms with Crippen molar-refractivity contribution < 1.29 is 24.2 Å². The number of aliphatic hydroxyl groups is 1. The molecule has 0 fully saturated rings. The van der Waals surface area contributed by atoms with Crippen molar-refractivity contribution in [2.75, 3.05) is 26.1 Å². The number of carbonyl (C=O) groups excluding carboxylic acids is 2. The van der Waals surface area contributed by atoms with Crippen molar-refractivity contribution in [1.82, 2.24) is 5.32 Å². The third-order valence-electron chi connectivity index (χ3n) is 6.78. The molecule has 7 nitrogen and oxygen atoms in total. The molecule has 0 bridgehead atoms. The van der Waals surface area contributed by atoms with E-state index in [1.54, 1.807) is 12.1 Å². The number of hydrogen-bond donors (Lipinski definition) is 3. The molecular weight excluding hydrogens is 492 g/mol. The molecule has 2 rings (SSSR count). The van der Waals surface area contributed by atoms with Crippen LogP contribution < -0.4 is 15.4 Å². The van der Waals surface area contributed by atoms with Crippen LogP contribution in [0.1, 0.15) is 69.4 Å². The van der Waals surface area contributed by atoms with E-state index in [4.69, 9.17) is 21.1 Å². The fraction of sp³-hybridized carbons (Fsp3) is 0.517. The highest BCUT2D eigenvalue weighted by Crippen LogP contribution is 2.37. The molecule has 3 N–H and O–H groups in total. The van der Waals surface area contributed by atoms with E-state index in [1.165, 1.54) is 20.3 Å². The Bertz CT molecular complexity index is 1100. The van der Waals surface area contributed by atoms with Gasteiger partial charge in [0.15, 0.2) is 0 Å². The molecule has 8 heteroatoms. The lowest BCUT2D eigenvalue weighted by molar-refractivity contribution is 0.0597. The third-order valence-corrected chi connectivity index (χ3v) is 7.13. The molecule has 0 saturated carbocycles. The van der Waals surface area contributed by atoms with Crippen LogP contribution in [-0.2, 0) is 16.7 Å². The second kappa shape index (κ2) is 12.7. The van der Waals surface area contributed by atoms with Gasteiger partial charge >= 0.3 is 12.0 Å². The summed E-state index contributed by atoms with van der Waals surface area (Å²) in [6, 6.07) is 10.1. The lowest BCUT2D eigenvalue weighted by Gasteiger charge is -2.40. The van der Waals surface area contributed by atoms with E-state index >= 15 is 0 Å². The first-order valence-corrected chi connectivity index (χ1v) is 12.9. The zero-order valence-electron chi connectivity index (χ0n) is 23.2. The Morgan fingerprint density at radius 3 is 2.24 bits per heavy atom. The molecule has 0 radical (unpaired) electrons. The average molecular weight is 533 g/mol. The van der Waals surface area contributed by atoms with Gasteiger partial charge < -0.3 is 25.2 Å². The Kier molecular flexibility index (Phi) is 10.4. The van der Waals surface area contributed by atoms with Crippen molar-refractivity contribution in [1.29, 1.82) is 0 Å². The normalized spacial score (nSPS) is 14.0. The maximum atomic E-state index is 13.2. The van der Waals surface area contributed by atoms with Crippen molar-refractivity contribution in [3.05, 3.63) is 58.1 Å². The number of ether oxygens (including phenoxy) is 2. The van der Waals surface area contributed by atoms with E-state index in [0.717, 1.165) is 24.0 Å². The van der Waals surface area contributed by atoms with E-state index in [-0.39, 0.29) is 35.2 Å². The summed E-state index contributed by atoms with van der Waals surface area (Å²) in [4.78, 5) is 25.2. The number of aryl methyl sites for hydroxylation is 1. The summed E-state index contributed by atoms with van der Waals surface area (Å²) < 4.78 is 10.1. The molecule has 0 spiro atoms. The molecular formula is C29H41ClN2O5. The van der Waals surface area contributed by atoms with E-state index in [9.17, 15) is 14.7 Å². The second-order valence-corrected chi connectivity index (χ2v) is 11.5. The standard InChI is InChI=1S/C29H41ClN2O5/c1-18(2)23(17-33)29(6,20-10-9-19(24(30)15-20)13-14-28(3,4)5)32-27(35)31-21-11-12-22(26(34)37-8)25(16-21)36-7/h9-12,15-16,18,23,33H,13-14,17H2,1-8H3,(H2,31,32,35)/t23?,29-/m0/s1. The van der Waals surface area contributed by atoms with Gasteiger partial charge in [0.1, 0.15) is 11.3 Å². The van der Waals surface area contributed by atoms with Gasteiger partial charge in [-0.1, -0.05) is 58.4 Å². The maximum Gasteiger partial charge on any atom is 0.341 e. The van der Waals surface area contributed by atoms with Crippen molar-refractivity contribution in [2.45, 2.75) is 59.9 Å². The fourth-order valence-corrected chi connectivity index (χ4v) is 4.74. The Labute approximate surface area is 225 Å². The van der Waals surface area contributed by atoms with Crippen LogP contribution in [0.3, 0.4) is 0 Å². The molecule has 0 aliphatic heterocycles. The van der Waals surface area contributed by atoms with Crippen molar-refractivity contribution in [3.63, 3.8) is 0 Å². The average Bonchev–Trinajstić information content (AvgIpc) is 2.82. The smallest absolute Gasteiger partial charge is 0.341 e. The summed E-state index contributed by atoms with van der Waals surface area (Å²) in [6.07, 6.45) is 1.84. The number of amides is 2. The first kappa shape index (κ1) is 30.5. The van der Waals surface area contributed by atoms with Crippen LogP contribution in [0.5, 0.6) is 5.75 Å². The number of methoxy groups -OCH3 is 2. The molecule has 2 amide bonds. The fourth-order valence-electron chi connectivity index (χ4n) is 4.47. The van der Waals surface area contributed by atoms with Crippen LogP contribution in [0.2, 0.25) is 5.02 Å². The monoisotopic (exact) mass is 532 g/mol. The molecule has 0 aliphatic rings. The summed E-state index contributed by atoms with van der Waals surface area (Å²) in [7, 11) is 2.73. The number of urea groups is 1. The Morgan fingerprint density at radius 2 is 1.73 bits per heavy atom. The molecule has 204 valence electrons. The number of halogens is 1. The van der Waals surface area contributed by atoms with Crippen molar-refractivity contribution >= 4 is 29.3 Å². The van der Waals surface area contributed by atoms with E-state index < -0.39 is 17.5 Å². The van der Waals surface area contributed by atoms with Gasteiger partial charge in [0, 0.05) is 29.3 Å². The largest absolute Gasteiger partial charge is 0.496 e. The summed E-state index contributed by atoms with van der Waals surface area (Å²) >= 11 is 6.70. The predicted molar refractivity (Wildman–Crippen MR) is 148 cm³/mol. The number of esters is 1. The third kappa shape index (κ3) is 7.86. The molecule has 2 atom stereocenters. The summed E-state index contributed by atoms with van der Waals surface area (Å²) in [5.41, 5.74) is 1.81. The van der Waals surface area contributed by atoms with E-state index in [2.05, 4.69) is 31.4 Å². The Balaban J connectivity index is 2.37. The minimum Gasteiger partial charge on any atom is -0.496 e. The highest BCUT2D eigenvalue weighted by molar-refractivity contribution is 6.31. The van der Waals surface area contributed by atoms with Crippen LogP contribution in [0.25, 0.3) is 0 Å². The SMILES string of the molecule is COC(=O)c1ccc(NC(=O)N[C@@](C)(c2ccc(CCC(C)(C)C)c(Cl)c2)C(CO)C(C)C)cc1OC. The zero-order valence-corrected chi connectivity index (χ0v) is 24.0. The quantitative estimate of drug-likeness (QED) is 0.307. The second-order valence-electron chi connectivity index (χ2n) is 11.1. The van der Waals surface area contributed by atoms with E-state index in [1.807, 2.05) is 39.0 Å². The van der Waals surface area contributed by atoms with Crippen LogP contribution in [0.15, 0.2) is 36.4 Å². The molecule has 2 aromatic carbocycles. The number of anilines is 1. The van der Waals surface area contributed by atoms with Crippen molar-refractivity contribution in [3.8, 4) is 5.75 Å². The van der Waals surface area contributed by atoms with Gasteiger partial charge in [0.05, 0.1) is 19.8 Å². The molecule has 2 aromatic rings. The number of aliphatic hydroxyl groups excluding tert-OH is 1.